The van der Waals surface area contributed by atoms with Crippen LogP contribution in [0, 0.1) is 0 Å². The fourth-order valence-corrected chi connectivity index (χ4v) is 2.05. The molecule has 2 unspecified atom stereocenters. The van der Waals surface area contributed by atoms with Gasteiger partial charge < -0.3 is 0 Å². The second-order valence-corrected chi connectivity index (χ2v) is 5.61. The lowest BCUT2D eigenvalue weighted by Crippen LogP contribution is -2.49. The number of hydrogen-bond acceptors (Lipinski definition) is 4. The molecule has 9 heteroatoms. The van der Waals surface area contributed by atoms with E-state index in [4.69, 9.17) is 39.5 Å². The Morgan fingerprint density at radius 1 is 1.44 bits per heavy atom. The molecule has 1 rings (SSSR count). The van der Waals surface area contributed by atoms with Crippen LogP contribution in [0.4, 0.5) is 0 Å². The van der Waals surface area contributed by atoms with Crippen molar-refractivity contribution in [3.05, 3.63) is 12.4 Å². The summed E-state index contributed by atoms with van der Waals surface area (Å²) in [4.78, 5) is 0.573. The summed E-state index contributed by atoms with van der Waals surface area (Å²) in [6, 6.07) is 0. The van der Waals surface area contributed by atoms with Crippen molar-refractivity contribution in [2.75, 3.05) is 7.05 Å². The van der Waals surface area contributed by atoms with Gasteiger partial charge in [0.05, 0.1) is 13.1 Å². The first-order chi connectivity index (χ1) is 7.29. The topological polar surface area (TPSA) is 49.6 Å². The molecule has 16 heavy (non-hydrogen) atoms. The van der Waals surface area contributed by atoms with E-state index in [0.29, 0.717) is 0 Å². The van der Waals surface area contributed by atoms with Gasteiger partial charge in [0.15, 0.2) is 5.56 Å². The molecule has 0 aromatic heterocycles. The van der Waals surface area contributed by atoms with Gasteiger partial charge in [-0.05, 0) is 3.95 Å². The molecule has 0 radical (unpaired) electrons. The molecule has 0 saturated carbocycles. The van der Waals surface area contributed by atoms with Crippen molar-refractivity contribution in [1.29, 1.82) is 0 Å². The van der Waals surface area contributed by atoms with Crippen LogP contribution in [0.15, 0.2) is 12.4 Å². The summed E-state index contributed by atoms with van der Waals surface area (Å²) in [5.41, 5.74) is -1.03. The summed E-state index contributed by atoms with van der Waals surface area (Å²) in [6.45, 7) is 1.54. The van der Waals surface area contributed by atoms with Crippen LogP contribution >= 0.6 is 34.8 Å². The predicted molar refractivity (Wildman–Crippen MR) is 60.7 cm³/mol. The van der Waals surface area contributed by atoms with Crippen molar-refractivity contribution in [3.8, 4) is 0 Å². The zero-order valence-electron chi connectivity index (χ0n) is 8.47. The summed E-state index contributed by atoms with van der Waals surface area (Å²) < 4.78 is 28.3. The van der Waals surface area contributed by atoms with Crippen LogP contribution in [0.2, 0.25) is 0 Å². The lowest BCUT2D eigenvalue weighted by Gasteiger charge is -2.27. The quantitative estimate of drug-likeness (QED) is 0.586. The minimum absolute atomic E-state index is 0.963. The van der Waals surface area contributed by atoms with Crippen molar-refractivity contribution in [3.63, 3.8) is 0 Å². The molecule has 0 N–H and O–H groups in total. The van der Waals surface area contributed by atoms with E-state index in [2.05, 4.69) is 0 Å². The summed E-state index contributed by atoms with van der Waals surface area (Å²) in [6.07, 6.45) is 2.89. The summed E-state index contributed by atoms with van der Waals surface area (Å²) >= 11 is 16.8. The van der Waals surface area contributed by atoms with Crippen LogP contribution in [0.5, 0.6) is 0 Å². The first-order valence-electron chi connectivity index (χ1n) is 4.19. The zero-order valence-corrected chi connectivity index (χ0v) is 11.6. The molecule has 0 aliphatic carbocycles. The molecular weight excluding hydrogens is 299 g/mol. The van der Waals surface area contributed by atoms with E-state index in [0.717, 1.165) is 3.95 Å². The third-order valence-electron chi connectivity index (χ3n) is 2.18. The monoisotopic (exact) mass is 307 g/mol. The molecule has 0 aromatic rings. The van der Waals surface area contributed by atoms with Crippen LogP contribution in [0.25, 0.3) is 0 Å². The van der Waals surface area contributed by atoms with Crippen LogP contribution in [0.1, 0.15) is 6.92 Å². The van der Waals surface area contributed by atoms with Crippen molar-refractivity contribution < 1.29 is 17.1 Å². The van der Waals surface area contributed by atoms with E-state index in [1.807, 2.05) is 0 Å². The Balaban J connectivity index is 3.04. The van der Waals surface area contributed by atoms with Crippen molar-refractivity contribution in [2.24, 2.45) is 0 Å². The predicted octanol–water partition coefficient (Wildman–Crippen LogP) is 1.54. The number of rotatable bonds is 3. The lowest BCUT2D eigenvalue weighted by atomic mass is 10.4. The van der Waals surface area contributed by atoms with Gasteiger partial charge in [0.1, 0.15) is 4.84 Å². The van der Waals surface area contributed by atoms with Crippen molar-refractivity contribution >= 4 is 45.3 Å². The van der Waals surface area contributed by atoms with E-state index in [-0.39, 0.29) is 0 Å². The first kappa shape index (κ1) is 14.1. The Labute approximate surface area is 110 Å². The Kier molecular flexibility index (Phi) is 4.48. The number of ether oxygens (including phenoxy) is 1. The highest BCUT2D eigenvalue weighted by atomic mass is 35.5. The third-order valence-corrected chi connectivity index (χ3v) is 4.02. The van der Waals surface area contributed by atoms with Gasteiger partial charge >= 0.3 is 16.3 Å². The minimum atomic E-state index is -2.48. The lowest BCUT2D eigenvalue weighted by molar-refractivity contribution is -0.606. The van der Waals surface area contributed by atoms with Gasteiger partial charge in [-0.3, -0.25) is 9.64 Å². The number of nitrogens with zero attached hydrogens (tertiary/aromatic N) is 2. The largest absolute Gasteiger partial charge is 0.468 e. The maximum atomic E-state index is 11.0. The fourth-order valence-electron chi connectivity index (χ4n) is 1.18. The van der Waals surface area contributed by atoms with E-state index in [1.54, 1.807) is 7.05 Å². The molecule has 2 atom stereocenters. The van der Waals surface area contributed by atoms with Gasteiger partial charge in [-0.25, -0.2) is 0 Å². The Morgan fingerprint density at radius 2 is 2.00 bits per heavy atom. The molecule has 0 aromatic carbocycles. The smallest absolute Gasteiger partial charge is 0.290 e. The van der Waals surface area contributed by atoms with Gasteiger partial charge in [-0.1, -0.05) is 11.6 Å². The highest BCUT2D eigenvalue weighted by Crippen LogP contribution is 2.28. The molecule has 1 aliphatic rings. The van der Waals surface area contributed by atoms with Crippen molar-refractivity contribution in [1.82, 2.24) is 4.90 Å². The second-order valence-electron chi connectivity index (χ2n) is 3.19. The first-order valence-corrected chi connectivity index (χ1v) is 6.53. The molecular formula is C7H10Cl3N2O3S+. The molecule has 92 valence electrons. The minimum Gasteiger partial charge on any atom is -0.290 e. The fraction of sp³-hybridized carbons (Fsp3) is 0.714. The normalized spacial score (nSPS) is 26.6. The van der Waals surface area contributed by atoms with Gasteiger partial charge in [0.2, 0.25) is 6.20 Å². The maximum Gasteiger partial charge on any atom is 0.468 e. The second kappa shape index (κ2) is 5.10. The molecule has 1 heterocycles. The highest BCUT2D eigenvalue weighted by molar-refractivity contribution is 7.59. The number of halogens is 3. The highest BCUT2D eigenvalue weighted by Gasteiger charge is 2.49. The van der Waals surface area contributed by atoms with E-state index in [1.165, 1.54) is 24.2 Å². The zero-order chi connectivity index (χ0) is 12.5. The summed E-state index contributed by atoms with van der Waals surface area (Å²) in [5.74, 6) is -1.26. The Morgan fingerprint density at radius 3 is 2.44 bits per heavy atom. The average Bonchev–Trinajstić information content (AvgIpc) is 2.43. The maximum absolute atomic E-state index is 11.0. The van der Waals surface area contributed by atoms with Crippen LogP contribution in [-0.2, 0) is 15.2 Å². The van der Waals surface area contributed by atoms with E-state index >= 15 is 0 Å². The Hall–Kier alpha value is -0.0100. The summed E-state index contributed by atoms with van der Waals surface area (Å²) in [7, 11) is -0.832. The third kappa shape index (κ3) is 2.62. The van der Waals surface area contributed by atoms with Gasteiger partial charge in [0, 0.05) is 7.05 Å². The molecule has 0 amide bonds. The van der Waals surface area contributed by atoms with E-state index in [9.17, 15) is 8.42 Å². The van der Waals surface area contributed by atoms with Crippen LogP contribution in [0.3, 0.4) is 0 Å². The number of alkyl halides is 3. The number of hydrogen-bond donors (Lipinski definition) is 0. The van der Waals surface area contributed by atoms with Crippen LogP contribution < -0.4 is 0 Å². The molecule has 0 spiro atoms. The molecule has 1 aliphatic heterocycles. The molecule has 0 bridgehead atoms. The SMILES string of the molecule is CN1C=C[N+](=S(=O)=O)C1(C)OC(Cl)C(Cl)Cl. The molecule has 0 fully saturated rings. The van der Waals surface area contributed by atoms with Crippen molar-refractivity contribution in [2.45, 2.75) is 23.2 Å². The van der Waals surface area contributed by atoms with Crippen LogP contribution in [-0.4, -0.2) is 40.6 Å². The van der Waals surface area contributed by atoms with Gasteiger partial charge in [0.25, 0.3) is 0 Å². The average molecular weight is 309 g/mol. The summed E-state index contributed by atoms with van der Waals surface area (Å²) in [5, 5.41) is 0. The molecule has 5 nitrogen and oxygen atoms in total. The van der Waals surface area contributed by atoms with E-state index < -0.39 is 26.7 Å². The standard InChI is InChI=1S/C7H10Cl3N2O3S/c1-7(15-6(10)5(8)9)11(2)3-4-12(7)16(13)14/h3-6H,1-2H3/q+1. The Bertz CT molecular complexity index is 428. The van der Waals surface area contributed by atoms with Gasteiger partial charge in [-0.2, -0.15) is 0 Å². The van der Waals surface area contributed by atoms with Gasteiger partial charge in [-0.15, -0.1) is 31.6 Å². The molecule has 0 saturated heterocycles.